The number of nitrogens with zero attached hydrogens (tertiary/aromatic N) is 3. The van der Waals surface area contributed by atoms with Crippen LogP contribution < -0.4 is 10.2 Å². The van der Waals surface area contributed by atoms with Crippen LogP contribution in [-0.4, -0.2) is 33.4 Å². The molecule has 0 unspecified atom stereocenters. The number of carbonyl (C=O) groups excluding carboxylic acids is 1. The molecule has 108 valence electrons. The molecule has 0 saturated carbocycles. The van der Waals surface area contributed by atoms with Gasteiger partial charge in [0, 0.05) is 18.4 Å². The molecule has 3 rings (SSSR count). The minimum Gasteiger partial charge on any atom is -0.480 e. The topological polar surface area (TPSA) is 87.5 Å². The number of carboxylic acids is 1. The molecule has 1 aliphatic rings. The molecule has 7 heteroatoms. The van der Waals surface area contributed by atoms with Gasteiger partial charge in [-0.3, -0.25) is 14.4 Å². The fourth-order valence-electron chi connectivity index (χ4n) is 2.39. The lowest BCUT2D eigenvalue weighted by atomic mass is 10.2. The van der Waals surface area contributed by atoms with E-state index in [0.717, 1.165) is 17.7 Å². The predicted octanol–water partition coefficient (Wildman–Crippen LogP) is 1.56. The summed E-state index contributed by atoms with van der Waals surface area (Å²) >= 11 is 0. The third-order valence-electron chi connectivity index (χ3n) is 3.31. The van der Waals surface area contributed by atoms with Crippen molar-refractivity contribution in [2.24, 2.45) is 0 Å². The number of anilines is 2. The maximum Gasteiger partial charge on any atom is 0.326 e. The minimum absolute atomic E-state index is 0.234. The number of benzene rings is 1. The normalized spacial score (nSPS) is 13.0. The average molecular weight is 286 g/mol. The summed E-state index contributed by atoms with van der Waals surface area (Å²) in [6.45, 7) is 0.400. The van der Waals surface area contributed by atoms with E-state index in [9.17, 15) is 9.59 Å². The summed E-state index contributed by atoms with van der Waals surface area (Å²) in [5.41, 5.74) is 2.53. The Morgan fingerprint density at radius 2 is 2.14 bits per heavy atom. The fraction of sp³-hybridized carbons (Fsp3) is 0.214. The van der Waals surface area contributed by atoms with Crippen molar-refractivity contribution >= 4 is 23.4 Å². The predicted molar refractivity (Wildman–Crippen MR) is 76.4 cm³/mol. The second-order valence-corrected chi connectivity index (χ2v) is 4.78. The lowest BCUT2D eigenvalue weighted by molar-refractivity contribution is -0.137. The number of rotatable bonds is 3. The van der Waals surface area contributed by atoms with Crippen LogP contribution in [0, 0.1) is 0 Å². The standard InChI is InChI=1S/C14H14N4O3/c19-13(20)9-17-8-11(7-15-17)16-14(21)18-6-5-10-3-1-2-4-12(10)18/h1-4,7-8H,5-6,9H2,(H,16,21)(H,19,20). The van der Waals surface area contributed by atoms with E-state index in [1.165, 1.54) is 17.1 Å². The summed E-state index contributed by atoms with van der Waals surface area (Å²) in [5.74, 6) is -0.982. The lowest BCUT2D eigenvalue weighted by Gasteiger charge is -2.17. The molecule has 1 aromatic carbocycles. The van der Waals surface area contributed by atoms with Gasteiger partial charge in [-0.05, 0) is 18.1 Å². The molecule has 0 radical (unpaired) electrons. The molecule has 2 N–H and O–H groups in total. The van der Waals surface area contributed by atoms with E-state index in [4.69, 9.17) is 5.11 Å². The van der Waals surface area contributed by atoms with Crippen LogP contribution in [0.25, 0.3) is 0 Å². The molecule has 2 heterocycles. The molecule has 21 heavy (non-hydrogen) atoms. The smallest absolute Gasteiger partial charge is 0.326 e. The zero-order valence-corrected chi connectivity index (χ0v) is 11.2. The van der Waals surface area contributed by atoms with Gasteiger partial charge in [-0.15, -0.1) is 0 Å². The van der Waals surface area contributed by atoms with Crippen LogP contribution in [0.5, 0.6) is 0 Å². The van der Waals surface area contributed by atoms with E-state index in [-0.39, 0.29) is 12.6 Å². The van der Waals surface area contributed by atoms with Crippen LogP contribution in [0.1, 0.15) is 5.56 Å². The Labute approximate surface area is 120 Å². The second kappa shape index (κ2) is 5.28. The molecule has 0 atom stereocenters. The number of hydrogen-bond acceptors (Lipinski definition) is 3. The van der Waals surface area contributed by atoms with Crippen LogP contribution >= 0.6 is 0 Å². The molecule has 0 spiro atoms. The Hall–Kier alpha value is -2.83. The van der Waals surface area contributed by atoms with Gasteiger partial charge in [0.25, 0.3) is 0 Å². The van der Waals surface area contributed by atoms with Crippen molar-refractivity contribution < 1.29 is 14.7 Å². The van der Waals surface area contributed by atoms with Crippen molar-refractivity contribution in [3.63, 3.8) is 0 Å². The van der Waals surface area contributed by atoms with Crippen molar-refractivity contribution in [1.29, 1.82) is 0 Å². The molecular weight excluding hydrogens is 272 g/mol. The molecule has 2 aromatic rings. The number of nitrogens with one attached hydrogen (secondary N) is 1. The number of fused-ring (bicyclic) bond motifs is 1. The Morgan fingerprint density at radius 3 is 2.95 bits per heavy atom. The number of aliphatic carboxylic acids is 1. The third-order valence-corrected chi connectivity index (χ3v) is 3.31. The highest BCUT2D eigenvalue weighted by Crippen LogP contribution is 2.27. The Bertz CT molecular complexity index is 695. The van der Waals surface area contributed by atoms with Gasteiger partial charge in [-0.1, -0.05) is 18.2 Å². The van der Waals surface area contributed by atoms with Crippen molar-refractivity contribution in [3.05, 3.63) is 42.2 Å². The number of urea groups is 1. The summed E-state index contributed by atoms with van der Waals surface area (Å²) in [6, 6.07) is 7.53. The number of amides is 2. The zero-order chi connectivity index (χ0) is 14.8. The van der Waals surface area contributed by atoms with Gasteiger partial charge in [-0.2, -0.15) is 5.10 Å². The quantitative estimate of drug-likeness (QED) is 0.896. The third kappa shape index (κ3) is 2.71. The molecule has 0 saturated heterocycles. The van der Waals surface area contributed by atoms with Gasteiger partial charge >= 0.3 is 12.0 Å². The minimum atomic E-state index is -0.982. The zero-order valence-electron chi connectivity index (χ0n) is 11.2. The van der Waals surface area contributed by atoms with Crippen LogP contribution in [0.2, 0.25) is 0 Å². The van der Waals surface area contributed by atoms with Gasteiger partial charge < -0.3 is 10.4 Å². The Kier molecular flexibility index (Phi) is 3.31. The van der Waals surface area contributed by atoms with Crippen molar-refractivity contribution in [2.75, 3.05) is 16.8 Å². The molecular formula is C14H14N4O3. The van der Waals surface area contributed by atoms with Gasteiger partial charge in [0.2, 0.25) is 0 Å². The number of carbonyl (C=O) groups is 2. The highest BCUT2D eigenvalue weighted by Gasteiger charge is 2.24. The van der Waals surface area contributed by atoms with Gasteiger partial charge in [0.15, 0.2) is 0 Å². The van der Waals surface area contributed by atoms with Crippen molar-refractivity contribution in [3.8, 4) is 0 Å². The Balaban J connectivity index is 1.70. The molecule has 7 nitrogen and oxygen atoms in total. The largest absolute Gasteiger partial charge is 0.480 e. The van der Waals surface area contributed by atoms with Gasteiger partial charge in [0.05, 0.1) is 11.9 Å². The first-order valence-electron chi connectivity index (χ1n) is 6.54. The second-order valence-electron chi connectivity index (χ2n) is 4.78. The Morgan fingerprint density at radius 1 is 1.33 bits per heavy atom. The molecule has 0 bridgehead atoms. The van der Waals surface area contributed by atoms with Crippen molar-refractivity contribution in [2.45, 2.75) is 13.0 Å². The van der Waals surface area contributed by atoms with Crippen LogP contribution in [0.15, 0.2) is 36.7 Å². The summed E-state index contributed by atoms with van der Waals surface area (Å²) in [6.07, 6.45) is 3.76. The SMILES string of the molecule is O=C(O)Cn1cc(NC(=O)N2CCc3ccccc32)cn1. The van der Waals surface area contributed by atoms with E-state index in [2.05, 4.69) is 10.4 Å². The van der Waals surface area contributed by atoms with E-state index in [0.29, 0.717) is 12.2 Å². The maximum atomic E-state index is 12.3. The summed E-state index contributed by atoms with van der Waals surface area (Å²) in [5, 5.41) is 15.3. The van der Waals surface area contributed by atoms with Gasteiger partial charge in [0.1, 0.15) is 6.54 Å². The molecule has 0 fully saturated rings. The van der Waals surface area contributed by atoms with E-state index in [1.807, 2.05) is 24.3 Å². The molecule has 1 aromatic heterocycles. The maximum absolute atomic E-state index is 12.3. The first kappa shape index (κ1) is 13.2. The number of carboxylic acid groups (broad SMARTS) is 1. The highest BCUT2D eigenvalue weighted by atomic mass is 16.4. The monoisotopic (exact) mass is 286 g/mol. The van der Waals surface area contributed by atoms with Gasteiger partial charge in [-0.25, -0.2) is 4.79 Å². The first-order chi connectivity index (χ1) is 10.1. The number of para-hydroxylation sites is 1. The first-order valence-corrected chi connectivity index (χ1v) is 6.54. The summed E-state index contributed by atoms with van der Waals surface area (Å²) < 4.78 is 1.26. The van der Waals surface area contributed by atoms with Crippen LogP contribution in [0.4, 0.5) is 16.2 Å². The lowest BCUT2D eigenvalue weighted by Crippen LogP contribution is -2.33. The number of hydrogen-bond donors (Lipinski definition) is 2. The average Bonchev–Trinajstić information content (AvgIpc) is 3.04. The molecule has 1 aliphatic heterocycles. The van der Waals surface area contributed by atoms with E-state index in [1.54, 1.807) is 4.90 Å². The molecule has 0 aliphatic carbocycles. The fourth-order valence-corrected chi connectivity index (χ4v) is 2.39. The summed E-state index contributed by atoms with van der Waals surface area (Å²) in [4.78, 5) is 24.5. The van der Waals surface area contributed by atoms with Crippen LogP contribution in [0.3, 0.4) is 0 Å². The highest BCUT2D eigenvalue weighted by molar-refractivity contribution is 6.02. The van der Waals surface area contributed by atoms with Crippen LogP contribution in [-0.2, 0) is 17.8 Å². The van der Waals surface area contributed by atoms with E-state index < -0.39 is 5.97 Å². The van der Waals surface area contributed by atoms with E-state index >= 15 is 0 Å². The number of aromatic nitrogens is 2. The molecule has 2 amide bonds. The van der Waals surface area contributed by atoms with Crippen molar-refractivity contribution in [1.82, 2.24) is 9.78 Å². The summed E-state index contributed by atoms with van der Waals surface area (Å²) in [7, 11) is 0.